The molecule has 8 heteroatoms. The van der Waals surface area contributed by atoms with E-state index in [9.17, 15) is 14.0 Å². The van der Waals surface area contributed by atoms with E-state index in [-0.39, 0.29) is 24.3 Å². The molecule has 0 spiro atoms. The minimum atomic E-state index is -0.742. The lowest BCUT2D eigenvalue weighted by Gasteiger charge is -2.36. The van der Waals surface area contributed by atoms with Gasteiger partial charge in [-0.2, -0.15) is 0 Å². The number of rotatable bonds is 4. The van der Waals surface area contributed by atoms with Crippen LogP contribution in [-0.2, 0) is 11.3 Å². The molecule has 2 aromatic heterocycles. The molecule has 0 fully saturated rings. The molecule has 1 aliphatic heterocycles. The number of pyridine rings is 1. The van der Waals surface area contributed by atoms with Gasteiger partial charge in [0.1, 0.15) is 17.5 Å². The number of hydrogen-bond acceptors (Lipinski definition) is 4. The first-order valence-corrected chi connectivity index (χ1v) is 7.82. The van der Waals surface area contributed by atoms with Gasteiger partial charge in [0.05, 0.1) is 24.5 Å². The summed E-state index contributed by atoms with van der Waals surface area (Å²) in [6, 6.07) is -0.742. The highest BCUT2D eigenvalue weighted by Crippen LogP contribution is 2.32. The number of nitrogens with two attached hydrogens (primary N) is 1. The summed E-state index contributed by atoms with van der Waals surface area (Å²) < 4.78 is 14.3. The van der Waals surface area contributed by atoms with E-state index >= 15 is 0 Å². The summed E-state index contributed by atoms with van der Waals surface area (Å²) >= 11 is 0. The topological polar surface area (TPSA) is 104 Å². The van der Waals surface area contributed by atoms with Crippen molar-refractivity contribution < 1.29 is 14.0 Å². The van der Waals surface area contributed by atoms with Crippen LogP contribution in [0.2, 0.25) is 0 Å². The molecule has 0 saturated heterocycles. The van der Waals surface area contributed by atoms with Crippen LogP contribution in [0, 0.1) is 11.7 Å². The summed E-state index contributed by atoms with van der Waals surface area (Å²) in [6.45, 7) is 5.33. The van der Waals surface area contributed by atoms with Gasteiger partial charge in [-0.25, -0.2) is 9.37 Å². The fourth-order valence-electron chi connectivity index (χ4n) is 3.20. The van der Waals surface area contributed by atoms with Gasteiger partial charge in [-0.05, 0) is 12.8 Å². The van der Waals surface area contributed by atoms with Gasteiger partial charge in [-0.3, -0.25) is 9.59 Å². The van der Waals surface area contributed by atoms with Gasteiger partial charge in [0.15, 0.2) is 0 Å². The van der Waals surface area contributed by atoms with Gasteiger partial charge in [0, 0.05) is 17.1 Å². The van der Waals surface area contributed by atoms with Crippen LogP contribution >= 0.6 is 0 Å². The Kier molecular flexibility index (Phi) is 4.00. The lowest BCUT2D eigenvalue weighted by atomic mass is 9.95. The Balaban J connectivity index is 2.05. The lowest BCUT2D eigenvalue weighted by Crippen LogP contribution is -2.55. The molecule has 3 heterocycles. The smallest absolute Gasteiger partial charge is 0.257 e. The molecular formula is C16H20FN5O2. The molecule has 128 valence electrons. The van der Waals surface area contributed by atoms with Crippen LogP contribution in [0.15, 0.2) is 12.4 Å². The largest absolute Gasteiger partial charge is 0.345 e. The Labute approximate surface area is 138 Å². The second-order valence-corrected chi connectivity index (χ2v) is 6.43. The Morgan fingerprint density at radius 2 is 2.17 bits per heavy atom. The summed E-state index contributed by atoms with van der Waals surface area (Å²) in [5.41, 5.74) is 6.80. The van der Waals surface area contributed by atoms with E-state index in [0.29, 0.717) is 22.2 Å². The van der Waals surface area contributed by atoms with Gasteiger partial charge in [-0.15, -0.1) is 0 Å². The van der Waals surface area contributed by atoms with Gasteiger partial charge in [-0.1, -0.05) is 13.8 Å². The zero-order valence-corrected chi connectivity index (χ0v) is 13.8. The molecule has 2 aromatic rings. The van der Waals surface area contributed by atoms with Crippen molar-refractivity contribution in [3.8, 4) is 0 Å². The number of nitrogens with one attached hydrogen (secondary N) is 2. The van der Waals surface area contributed by atoms with Crippen LogP contribution in [-0.4, -0.2) is 38.9 Å². The van der Waals surface area contributed by atoms with Crippen LogP contribution in [0.1, 0.15) is 36.7 Å². The van der Waals surface area contributed by atoms with Gasteiger partial charge < -0.3 is 20.9 Å². The maximum Gasteiger partial charge on any atom is 0.257 e. The van der Waals surface area contributed by atoms with E-state index in [1.165, 1.54) is 11.1 Å². The normalized spacial score (nSPS) is 16.6. The molecule has 2 amide bonds. The zero-order valence-electron chi connectivity index (χ0n) is 13.8. The summed E-state index contributed by atoms with van der Waals surface area (Å²) in [5, 5.41) is 3.12. The molecule has 2 atom stereocenters. The molecule has 3 rings (SSSR count). The number of carbonyl (C=O) groups excluding carboxylic acids is 2. The van der Waals surface area contributed by atoms with E-state index in [1.807, 2.05) is 13.8 Å². The second kappa shape index (κ2) is 5.86. The highest BCUT2D eigenvalue weighted by atomic mass is 19.1. The van der Waals surface area contributed by atoms with Crippen molar-refractivity contribution in [3.63, 3.8) is 0 Å². The van der Waals surface area contributed by atoms with E-state index in [4.69, 9.17) is 5.73 Å². The van der Waals surface area contributed by atoms with Crippen molar-refractivity contribution in [2.45, 2.75) is 39.5 Å². The van der Waals surface area contributed by atoms with Crippen LogP contribution in [0.4, 0.5) is 4.39 Å². The van der Waals surface area contributed by atoms with Crippen molar-refractivity contribution in [1.29, 1.82) is 0 Å². The monoisotopic (exact) mass is 333 g/mol. The Hall–Kier alpha value is -2.48. The number of carbonyl (C=O) groups is 2. The number of aromatic nitrogens is 2. The first-order valence-electron chi connectivity index (χ1n) is 7.82. The summed E-state index contributed by atoms with van der Waals surface area (Å²) in [6.07, 6.45) is 2.10. The predicted octanol–water partition coefficient (Wildman–Crippen LogP) is 1.10. The summed E-state index contributed by atoms with van der Waals surface area (Å²) in [7, 11) is 0. The van der Waals surface area contributed by atoms with Crippen molar-refractivity contribution in [1.82, 2.24) is 20.2 Å². The van der Waals surface area contributed by atoms with Crippen LogP contribution < -0.4 is 11.1 Å². The molecule has 24 heavy (non-hydrogen) atoms. The Morgan fingerprint density at radius 1 is 1.46 bits per heavy atom. The molecule has 1 aliphatic rings. The van der Waals surface area contributed by atoms with Crippen LogP contribution in [0.3, 0.4) is 0 Å². The maximum atomic E-state index is 14.3. The molecule has 7 nitrogen and oxygen atoms in total. The van der Waals surface area contributed by atoms with Gasteiger partial charge in [0.25, 0.3) is 5.91 Å². The highest BCUT2D eigenvalue weighted by molar-refractivity contribution is 6.10. The lowest BCUT2D eigenvalue weighted by molar-refractivity contribution is -0.127. The molecule has 0 saturated carbocycles. The zero-order chi connectivity index (χ0) is 17.6. The average molecular weight is 333 g/mol. The second-order valence-electron chi connectivity index (χ2n) is 6.43. The van der Waals surface area contributed by atoms with Crippen molar-refractivity contribution in [3.05, 3.63) is 29.3 Å². The van der Waals surface area contributed by atoms with E-state index < -0.39 is 18.0 Å². The third-order valence-electron chi connectivity index (χ3n) is 4.18. The number of H-pyrrole nitrogens is 1. The fraction of sp³-hybridized carbons (Fsp3) is 0.438. The standard InChI is InChI=1S/C16H20FN5O2/c1-7(2)13(15(23)21-8(3)18)22-6-10-11(17)5-20-14-12(10)9(4-19-14)16(22)24/h4-5,7-8,13H,6,18H2,1-3H3,(H,19,20)(H,21,23)/t8?,13-/m1/s1. The number of hydrogen-bond donors (Lipinski definition) is 3. The first-order chi connectivity index (χ1) is 11.3. The minimum Gasteiger partial charge on any atom is -0.345 e. The molecule has 0 aliphatic carbocycles. The number of amides is 2. The van der Waals surface area contributed by atoms with Crippen molar-refractivity contribution in [2.75, 3.05) is 0 Å². The predicted molar refractivity (Wildman–Crippen MR) is 86.3 cm³/mol. The Morgan fingerprint density at radius 3 is 2.79 bits per heavy atom. The van der Waals surface area contributed by atoms with Crippen molar-refractivity contribution >= 4 is 22.8 Å². The molecule has 0 radical (unpaired) electrons. The van der Waals surface area contributed by atoms with E-state index in [2.05, 4.69) is 15.3 Å². The first kappa shape index (κ1) is 16.4. The average Bonchev–Trinajstić information content (AvgIpc) is 2.91. The number of nitrogens with zero attached hydrogens (tertiary/aromatic N) is 2. The van der Waals surface area contributed by atoms with Crippen LogP contribution in [0.25, 0.3) is 11.0 Å². The molecule has 0 bridgehead atoms. The SMILES string of the molecule is CC(N)NC(=O)[C@@H](C(C)C)N1Cc2c(F)cnc3[nH]cc(c23)C1=O. The maximum absolute atomic E-state index is 14.3. The van der Waals surface area contributed by atoms with Gasteiger partial charge in [0.2, 0.25) is 5.91 Å². The number of aromatic amines is 1. The molecule has 0 aromatic carbocycles. The Bertz CT molecular complexity index is 814. The third-order valence-corrected chi connectivity index (χ3v) is 4.18. The number of halogens is 1. The van der Waals surface area contributed by atoms with Gasteiger partial charge >= 0.3 is 0 Å². The quantitative estimate of drug-likeness (QED) is 0.729. The third kappa shape index (κ3) is 2.52. The van der Waals surface area contributed by atoms with Crippen molar-refractivity contribution in [2.24, 2.45) is 11.7 Å². The van der Waals surface area contributed by atoms with E-state index in [1.54, 1.807) is 6.92 Å². The fourth-order valence-corrected chi connectivity index (χ4v) is 3.20. The van der Waals surface area contributed by atoms with Crippen LogP contribution in [0.5, 0.6) is 0 Å². The minimum absolute atomic E-state index is 0.0176. The van der Waals surface area contributed by atoms with E-state index in [0.717, 1.165) is 6.20 Å². The molecule has 4 N–H and O–H groups in total. The molecule has 1 unspecified atom stereocenters. The summed E-state index contributed by atoms with van der Waals surface area (Å²) in [4.78, 5) is 33.6. The summed E-state index contributed by atoms with van der Waals surface area (Å²) in [5.74, 6) is -1.32. The molecular weight excluding hydrogens is 313 g/mol. The highest BCUT2D eigenvalue weighted by Gasteiger charge is 2.38.